The highest BCUT2D eigenvalue weighted by atomic mass is 16.3. The van der Waals surface area contributed by atoms with Crippen molar-refractivity contribution in [2.45, 2.75) is 25.7 Å². The standard InChI is InChI=1S/C28H28N4O3/c1-32(2)15-17-4-3-16-9-21-23-14-29-13-18(23)10-20(16)27(17)30-6-5-19-11-22-24(33)12-25(34)26(21)28(22)31-7-8-35-19/h7-11,13-14,17,31,34H,3-6,12,15H2,1-2H3/t17-/m0/s1. The summed E-state index contributed by atoms with van der Waals surface area (Å²) < 4.78 is 5.84. The third-order valence-electron chi connectivity index (χ3n) is 7.16. The topological polar surface area (TPSA) is 94.7 Å². The molecule has 8 bridgehead atoms. The lowest BCUT2D eigenvalue weighted by molar-refractivity contribution is 0.0977. The van der Waals surface area contributed by atoms with Gasteiger partial charge in [0.15, 0.2) is 5.78 Å². The first-order valence-electron chi connectivity index (χ1n) is 12.1. The zero-order valence-electron chi connectivity index (χ0n) is 20.0. The minimum atomic E-state index is -0.141. The number of Topliss-reactive ketones (excluding diaryl/α,β-unsaturated/α-hetero) is 1. The van der Waals surface area contributed by atoms with Crippen molar-refractivity contribution in [2.75, 3.05) is 27.2 Å². The van der Waals surface area contributed by atoms with Crippen molar-refractivity contribution in [2.24, 2.45) is 10.9 Å². The van der Waals surface area contributed by atoms with E-state index in [4.69, 9.17) is 9.41 Å². The summed E-state index contributed by atoms with van der Waals surface area (Å²) in [4.78, 5) is 28.1. The molecule has 0 fully saturated rings. The van der Waals surface area contributed by atoms with Gasteiger partial charge in [-0.2, -0.15) is 0 Å². The van der Waals surface area contributed by atoms with Crippen LogP contribution >= 0.6 is 0 Å². The third kappa shape index (κ3) is 3.76. The second kappa shape index (κ2) is 8.50. The van der Waals surface area contributed by atoms with Gasteiger partial charge in [-0.05, 0) is 61.8 Å². The SMILES string of the molecule is CN(C)C[C@@H]1CCc2cc3c4cncc-4cc2C1=NCCc1cc2c([nH]cco1)C3=C(O)CC2=O. The van der Waals surface area contributed by atoms with Crippen LogP contribution in [0.2, 0.25) is 0 Å². The van der Waals surface area contributed by atoms with E-state index < -0.39 is 0 Å². The second-order valence-electron chi connectivity index (χ2n) is 9.82. The number of allylic oxidation sites excluding steroid dienone is 1. The van der Waals surface area contributed by atoms with Gasteiger partial charge in [-0.15, -0.1) is 0 Å². The number of carbonyl (C=O) groups excluding carboxylic acids is 1. The average molecular weight is 469 g/mol. The van der Waals surface area contributed by atoms with E-state index in [9.17, 15) is 9.90 Å². The fraction of sp³-hybridized carbons (Fsp3) is 0.321. The second-order valence-corrected chi connectivity index (χ2v) is 9.82. The molecule has 3 aliphatic carbocycles. The van der Waals surface area contributed by atoms with Crippen molar-refractivity contribution >= 4 is 17.1 Å². The van der Waals surface area contributed by atoms with Crippen LogP contribution in [0.4, 0.5) is 0 Å². The first kappa shape index (κ1) is 21.8. The lowest BCUT2D eigenvalue weighted by Gasteiger charge is -2.28. The molecule has 7 heteroatoms. The monoisotopic (exact) mass is 468 g/mol. The van der Waals surface area contributed by atoms with E-state index in [-0.39, 0.29) is 18.0 Å². The maximum atomic E-state index is 13.1. The van der Waals surface area contributed by atoms with Crippen molar-refractivity contribution in [1.82, 2.24) is 14.9 Å². The van der Waals surface area contributed by atoms with Gasteiger partial charge in [0.1, 0.15) is 17.8 Å². The number of aliphatic hydroxyl groups is 1. The van der Waals surface area contributed by atoms with Gasteiger partial charge < -0.3 is 19.4 Å². The Morgan fingerprint density at radius 3 is 2.86 bits per heavy atom. The van der Waals surface area contributed by atoms with Crippen molar-refractivity contribution in [3.63, 3.8) is 0 Å². The lowest BCUT2D eigenvalue weighted by atomic mass is 9.82. The quantitative estimate of drug-likeness (QED) is 0.573. The number of nitrogens with zero attached hydrogens (tertiary/aromatic N) is 3. The van der Waals surface area contributed by atoms with E-state index in [2.05, 4.69) is 41.1 Å². The molecule has 0 radical (unpaired) electrons. The van der Waals surface area contributed by atoms with Crippen molar-refractivity contribution in [3.05, 3.63) is 82.5 Å². The number of aromatic amines is 1. The van der Waals surface area contributed by atoms with Crippen LogP contribution in [0.25, 0.3) is 16.7 Å². The van der Waals surface area contributed by atoms with E-state index in [0.717, 1.165) is 47.4 Å². The Labute approximate surface area is 203 Å². The van der Waals surface area contributed by atoms with E-state index in [1.807, 2.05) is 12.4 Å². The molecule has 0 aromatic carbocycles. The molecule has 35 heavy (non-hydrogen) atoms. The summed E-state index contributed by atoms with van der Waals surface area (Å²) in [5, 5.41) is 11.2. The molecule has 0 amide bonds. The number of carbonyl (C=O) groups is 1. The summed E-state index contributed by atoms with van der Waals surface area (Å²) in [5.41, 5.74) is 8.04. The normalized spacial score (nSPS) is 18.9. The number of fused-ring (bicyclic) bond motifs is 5. The molecule has 1 aromatic heterocycles. The summed E-state index contributed by atoms with van der Waals surface area (Å²) in [6.45, 7) is 1.48. The number of hydrogen-bond donors (Lipinski definition) is 2. The number of H-pyrrole nitrogens is 1. The number of nitrogens with one attached hydrogen (secondary N) is 1. The largest absolute Gasteiger partial charge is 0.511 e. The van der Waals surface area contributed by atoms with Gasteiger partial charge in [0.2, 0.25) is 0 Å². The van der Waals surface area contributed by atoms with Crippen LogP contribution in [-0.4, -0.2) is 58.7 Å². The Bertz CT molecular complexity index is 1420. The number of hydrogen-bond acceptors (Lipinski definition) is 6. The lowest BCUT2D eigenvalue weighted by Crippen LogP contribution is -2.32. The van der Waals surface area contributed by atoms with Crippen molar-refractivity contribution < 1.29 is 14.3 Å². The molecule has 2 aliphatic heterocycles. The zero-order valence-corrected chi connectivity index (χ0v) is 20.0. The Balaban J connectivity index is 1.71. The maximum Gasteiger partial charge on any atom is 0.172 e. The van der Waals surface area contributed by atoms with Crippen LogP contribution in [0, 0.1) is 5.92 Å². The number of rotatable bonds is 2. The molecule has 5 aliphatic rings. The van der Waals surface area contributed by atoms with E-state index in [1.165, 1.54) is 5.56 Å². The summed E-state index contributed by atoms with van der Waals surface area (Å²) in [7, 11) is 4.20. The number of ketones is 1. The minimum absolute atomic E-state index is 0.0492. The minimum Gasteiger partial charge on any atom is -0.511 e. The van der Waals surface area contributed by atoms with Gasteiger partial charge in [0.25, 0.3) is 0 Å². The highest BCUT2D eigenvalue weighted by Crippen LogP contribution is 2.41. The molecule has 1 aromatic rings. The molecule has 7 nitrogen and oxygen atoms in total. The Hall–Kier alpha value is -3.71. The molecule has 0 saturated heterocycles. The van der Waals surface area contributed by atoms with Gasteiger partial charge in [-0.3, -0.25) is 14.8 Å². The third-order valence-corrected chi connectivity index (χ3v) is 7.16. The van der Waals surface area contributed by atoms with Crippen LogP contribution in [-0.2, 0) is 12.8 Å². The van der Waals surface area contributed by atoms with Crippen molar-refractivity contribution in [3.8, 4) is 11.1 Å². The average Bonchev–Trinajstić information content (AvgIpc) is 3.19. The smallest absolute Gasteiger partial charge is 0.172 e. The molecule has 0 saturated carbocycles. The van der Waals surface area contributed by atoms with Crippen LogP contribution in [0.1, 0.15) is 51.3 Å². The van der Waals surface area contributed by atoms with Crippen LogP contribution in [0.15, 0.2) is 58.2 Å². The Morgan fingerprint density at radius 1 is 1.11 bits per heavy atom. The molecule has 178 valence electrons. The highest BCUT2D eigenvalue weighted by Gasteiger charge is 2.32. The van der Waals surface area contributed by atoms with E-state index in [1.54, 1.807) is 18.5 Å². The Morgan fingerprint density at radius 2 is 2.00 bits per heavy atom. The molecule has 0 unspecified atom stereocenters. The molecule has 0 spiro atoms. The van der Waals surface area contributed by atoms with Gasteiger partial charge in [-0.1, -0.05) is 0 Å². The molecule has 3 heterocycles. The molecule has 6 rings (SSSR count). The van der Waals surface area contributed by atoms with Crippen LogP contribution < -0.4 is 0 Å². The van der Waals surface area contributed by atoms with E-state index >= 15 is 0 Å². The van der Waals surface area contributed by atoms with Crippen LogP contribution in [0.3, 0.4) is 0 Å². The number of aliphatic imine (C=N–C) groups is 1. The first-order valence-corrected chi connectivity index (χ1v) is 12.1. The Kier molecular flexibility index (Phi) is 5.29. The van der Waals surface area contributed by atoms with Crippen molar-refractivity contribution in [1.29, 1.82) is 0 Å². The maximum absolute atomic E-state index is 13.1. The number of aliphatic hydroxyl groups excluding tert-OH is 1. The fourth-order valence-electron chi connectivity index (χ4n) is 5.62. The summed E-state index contributed by atoms with van der Waals surface area (Å²) in [6.07, 6.45) is 9.41. The summed E-state index contributed by atoms with van der Waals surface area (Å²) in [5.74, 6) is 0.930. The van der Waals surface area contributed by atoms with Gasteiger partial charge >= 0.3 is 0 Å². The summed E-state index contributed by atoms with van der Waals surface area (Å²) >= 11 is 0. The first-order chi connectivity index (χ1) is 17.0. The van der Waals surface area contributed by atoms with Gasteiger partial charge in [0, 0.05) is 72.0 Å². The molecule has 2 N–H and O–H groups in total. The highest BCUT2D eigenvalue weighted by molar-refractivity contribution is 6.09. The van der Waals surface area contributed by atoms with Gasteiger partial charge in [0.05, 0.1) is 12.1 Å². The summed E-state index contributed by atoms with van der Waals surface area (Å²) in [6, 6.07) is 6.19. The fourth-order valence-corrected chi connectivity index (χ4v) is 5.62. The number of aromatic nitrogens is 2. The molecule has 1 atom stereocenters. The molecular weight excluding hydrogens is 440 g/mol. The predicted octanol–water partition coefficient (Wildman–Crippen LogP) is 4.60. The van der Waals surface area contributed by atoms with Crippen LogP contribution in [0.5, 0.6) is 0 Å². The van der Waals surface area contributed by atoms with E-state index in [0.29, 0.717) is 41.5 Å². The molecular formula is C28H28N4O3. The zero-order chi connectivity index (χ0) is 24.1. The van der Waals surface area contributed by atoms with Gasteiger partial charge in [-0.25, -0.2) is 0 Å². The number of aryl methyl sites for hydroxylation is 1. The predicted molar refractivity (Wildman–Crippen MR) is 135 cm³/mol.